The summed E-state index contributed by atoms with van der Waals surface area (Å²) in [5.74, 6) is -0.743. The smallest absolute Gasteiger partial charge is 0.408 e. The largest absolute Gasteiger partial charge is 0.417 e. The van der Waals surface area contributed by atoms with E-state index in [1.54, 1.807) is 18.2 Å². The molecule has 0 fully saturated rings. The Morgan fingerprint density at radius 3 is 2.71 bits per heavy atom. The van der Waals surface area contributed by atoms with Crippen LogP contribution in [0.2, 0.25) is 0 Å². The van der Waals surface area contributed by atoms with E-state index in [1.807, 2.05) is 35.7 Å². The quantitative estimate of drug-likeness (QED) is 0.559. The van der Waals surface area contributed by atoms with Crippen molar-refractivity contribution in [3.8, 4) is 11.1 Å². The van der Waals surface area contributed by atoms with Crippen LogP contribution < -0.4 is 11.5 Å². The van der Waals surface area contributed by atoms with E-state index in [1.165, 1.54) is 11.3 Å². The van der Waals surface area contributed by atoms with Gasteiger partial charge in [0.2, 0.25) is 0 Å². The Bertz CT molecular complexity index is 1110. The molecule has 2 heterocycles. The summed E-state index contributed by atoms with van der Waals surface area (Å²) < 4.78 is 5.03. The molecule has 4 aromatic rings. The number of nitrogen functional groups attached to an aromatic ring is 1. The fraction of sp³-hybridized carbons (Fsp3) is 0. The van der Waals surface area contributed by atoms with E-state index in [9.17, 15) is 9.59 Å². The zero-order valence-electron chi connectivity index (χ0n) is 12.4. The summed E-state index contributed by atoms with van der Waals surface area (Å²) >= 11 is 1.33. The molecule has 0 atom stereocenters. The number of aromatic nitrogens is 1. The molecule has 4 rings (SSSR count). The summed E-state index contributed by atoms with van der Waals surface area (Å²) in [6, 6.07) is 14.5. The van der Waals surface area contributed by atoms with Crippen LogP contribution in [0.3, 0.4) is 0 Å². The average Bonchev–Trinajstić information content (AvgIpc) is 3.16. The van der Waals surface area contributed by atoms with Crippen molar-refractivity contribution in [2.45, 2.75) is 0 Å². The normalized spacial score (nSPS) is 11.0. The van der Waals surface area contributed by atoms with Crippen LogP contribution in [-0.4, -0.2) is 10.8 Å². The third-order valence-electron chi connectivity index (χ3n) is 3.81. The number of nitrogens with one attached hydrogen (secondary N) is 1. The molecule has 0 unspecified atom stereocenters. The Labute approximate surface area is 140 Å². The number of aromatic amines is 1. The number of hydrogen-bond donors (Lipinski definition) is 2. The zero-order chi connectivity index (χ0) is 16.7. The molecule has 0 amide bonds. The maximum atomic E-state index is 13.0. The zero-order valence-corrected chi connectivity index (χ0v) is 13.2. The highest BCUT2D eigenvalue weighted by Gasteiger charge is 2.20. The van der Waals surface area contributed by atoms with E-state index in [2.05, 4.69) is 4.98 Å². The molecule has 0 aliphatic rings. The first-order valence-corrected chi connectivity index (χ1v) is 8.11. The van der Waals surface area contributed by atoms with Gasteiger partial charge in [-0.15, -0.1) is 11.3 Å². The first-order valence-electron chi connectivity index (χ1n) is 7.23. The molecular weight excluding hydrogens is 324 g/mol. The Hall–Kier alpha value is -3.12. The lowest BCUT2D eigenvalue weighted by atomic mass is 9.97. The van der Waals surface area contributed by atoms with Gasteiger partial charge in [0.15, 0.2) is 11.4 Å². The predicted molar refractivity (Wildman–Crippen MR) is 94.4 cm³/mol. The Balaban J connectivity index is 1.84. The summed E-state index contributed by atoms with van der Waals surface area (Å²) in [6.45, 7) is 0. The van der Waals surface area contributed by atoms with Crippen LogP contribution in [0.5, 0.6) is 0 Å². The third kappa shape index (κ3) is 2.33. The summed E-state index contributed by atoms with van der Waals surface area (Å²) in [5, 5.41) is 2.35. The van der Waals surface area contributed by atoms with Gasteiger partial charge in [-0.3, -0.25) is 9.78 Å². The van der Waals surface area contributed by atoms with Crippen molar-refractivity contribution in [2.24, 2.45) is 0 Å². The predicted octanol–water partition coefficient (Wildman–Crippen LogP) is 3.66. The molecule has 118 valence electrons. The van der Waals surface area contributed by atoms with Crippen LogP contribution in [0, 0.1) is 0 Å². The van der Waals surface area contributed by atoms with Crippen LogP contribution >= 0.6 is 11.3 Å². The number of hydrogen-bond acceptors (Lipinski definition) is 5. The summed E-state index contributed by atoms with van der Waals surface area (Å²) in [5.41, 5.74) is 9.59. The van der Waals surface area contributed by atoms with Crippen LogP contribution in [-0.2, 0) is 0 Å². The Morgan fingerprint density at radius 1 is 1.12 bits per heavy atom. The maximum Gasteiger partial charge on any atom is 0.417 e. The number of H-pyrrole nitrogens is 1. The SMILES string of the molecule is Nc1scc(-c2ccccc2)c1C(=O)c1ccc2[nH]c(=O)oc2c1. The van der Waals surface area contributed by atoms with E-state index < -0.39 is 5.76 Å². The summed E-state index contributed by atoms with van der Waals surface area (Å²) in [7, 11) is 0. The van der Waals surface area contributed by atoms with Gasteiger partial charge in [0.1, 0.15) is 0 Å². The highest BCUT2D eigenvalue weighted by molar-refractivity contribution is 7.15. The van der Waals surface area contributed by atoms with Crippen molar-refractivity contribution in [1.29, 1.82) is 0 Å². The molecule has 0 bridgehead atoms. The number of fused-ring (bicyclic) bond motifs is 1. The van der Waals surface area contributed by atoms with E-state index in [0.717, 1.165) is 11.1 Å². The van der Waals surface area contributed by atoms with Gasteiger partial charge >= 0.3 is 5.76 Å². The number of carbonyl (C=O) groups excluding carboxylic acids is 1. The van der Waals surface area contributed by atoms with E-state index in [0.29, 0.717) is 27.2 Å². The molecule has 0 saturated carbocycles. The number of carbonyl (C=O) groups is 1. The first-order chi connectivity index (χ1) is 11.6. The van der Waals surface area contributed by atoms with Crippen molar-refractivity contribution >= 4 is 33.2 Å². The van der Waals surface area contributed by atoms with Crippen LogP contribution in [0.25, 0.3) is 22.2 Å². The molecule has 0 saturated heterocycles. The van der Waals surface area contributed by atoms with Crippen molar-refractivity contribution in [3.05, 3.63) is 75.6 Å². The van der Waals surface area contributed by atoms with Crippen molar-refractivity contribution in [3.63, 3.8) is 0 Å². The lowest BCUT2D eigenvalue weighted by Crippen LogP contribution is -2.04. The second-order valence-electron chi connectivity index (χ2n) is 5.31. The van der Waals surface area contributed by atoms with Crippen LogP contribution in [0.15, 0.2) is 63.1 Å². The van der Waals surface area contributed by atoms with Gasteiger partial charge < -0.3 is 10.2 Å². The van der Waals surface area contributed by atoms with Crippen LogP contribution in [0.4, 0.5) is 5.00 Å². The number of ketones is 1. The fourth-order valence-corrected chi connectivity index (χ4v) is 3.49. The van der Waals surface area contributed by atoms with Crippen molar-refractivity contribution in [2.75, 3.05) is 5.73 Å². The minimum atomic E-state index is -0.547. The number of anilines is 1. The standard InChI is InChI=1S/C18H12N2O3S/c19-17-15(12(9-24-17)10-4-2-1-3-5-10)16(21)11-6-7-13-14(8-11)23-18(22)20-13/h1-9H,19H2,(H,20,22). The van der Waals surface area contributed by atoms with Crippen molar-refractivity contribution in [1.82, 2.24) is 4.98 Å². The minimum absolute atomic E-state index is 0.196. The van der Waals surface area contributed by atoms with Gasteiger partial charge in [0.05, 0.1) is 16.1 Å². The summed E-state index contributed by atoms with van der Waals surface area (Å²) in [4.78, 5) is 26.8. The van der Waals surface area contributed by atoms with Gasteiger partial charge in [-0.1, -0.05) is 30.3 Å². The van der Waals surface area contributed by atoms with E-state index in [-0.39, 0.29) is 5.78 Å². The van der Waals surface area contributed by atoms with Gasteiger partial charge in [-0.05, 0) is 23.8 Å². The maximum absolute atomic E-state index is 13.0. The Kier molecular flexibility index (Phi) is 3.32. The monoisotopic (exact) mass is 336 g/mol. The highest BCUT2D eigenvalue weighted by Crippen LogP contribution is 2.35. The second kappa shape index (κ2) is 5.50. The topological polar surface area (TPSA) is 89.1 Å². The van der Waals surface area contributed by atoms with Gasteiger partial charge in [-0.25, -0.2) is 4.79 Å². The molecule has 0 aliphatic heterocycles. The molecular formula is C18H12N2O3S. The molecule has 0 aliphatic carbocycles. The first kappa shape index (κ1) is 14.5. The number of rotatable bonds is 3. The average molecular weight is 336 g/mol. The number of thiophene rings is 1. The number of nitrogens with two attached hydrogens (primary N) is 1. The molecule has 6 heteroatoms. The van der Waals surface area contributed by atoms with Crippen LogP contribution in [0.1, 0.15) is 15.9 Å². The molecule has 5 nitrogen and oxygen atoms in total. The third-order valence-corrected chi connectivity index (χ3v) is 4.63. The highest BCUT2D eigenvalue weighted by atomic mass is 32.1. The number of benzene rings is 2. The summed E-state index contributed by atoms with van der Waals surface area (Å²) in [6.07, 6.45) is 0. The molecule has 24 heavy (non-hydrogen) atoms. The van der Waals surface area contributed by atoms with Gasteiger partial charge in [0, 0.05) is 16.5 Å². The Morgan fingerprint density at radius 2 is 1.92 bits per heavy atom. The molecule has 2 aromatic heterocycles. The number of oxazole rings is 1. The van der Waals surface area contributed by atoms with Crippen molar-refractivity contribution < 1.29 is 9.21 Å². The molecule has 0 radical (unpaired) electrons. The minimum Gasteiger partial charge on any atom is -0.408 e. The van der Waals surface area contributed by atoms with Gasteiger partial charge in [-0.2, -0.15) is 0 Å². The molecule has 0 spiro atoms. The fourth-order valence-electron chi connectivity index (χ4n) is 2.67. The lowest BCUT2D eigenvalue weighted by molar-refractivity contribution is 0.104. The molecule has 2 aromatic carbocycles. The van der Waals surface area contributed by atoms with E-state index >= 15 is 0 Å². The lowest BCUT2D eigenvalue weighted by Gasteiger charge is -2.05. The van der Waals surface area contributed by atoms with E-state index in [4.69, 9.17) is 10.2 Å². The molecule has 3 N–H and O–H groups in total. The van der Waals surface area contributed by atoms with Gasteiger partial charge in [0.25, 0.3) is 0 Å². The second-order valence-corrected chi connectivity index (χ2v) is 6.22.